The Hall–Kier alpha value is -1.80. The zero-order chi connectivity index (χ0) is 15.2. The van der Waals surface area contributed by atoms with Gasteiger partial charge in [0.25, 0.3) is 0 Å². The molecule has 2 rings (SSSR count). The molecule has 112 valence electrons. The number of aliphatic hydroxyl groups excluding tert-OH is 1. The molecule has 2 nitrogen and oxygen atoms in total. The molecule has 2 N–H and O–H groups in total. The van der Waals surface area contributed by atoms with E-state index in [4.69, 9.17) is 0 Å². The van der Waals surface area contributed by atoms with Crippen molar-refractivity contribution in [3.8, 4) is 0 Å². The van der Waals surface area contributed by atoms with Gasteiger partial charge in [-0.05, 0) is 42.0 Å². The summed E-state index contributed by atoms with van der Waals surface area (Å²) in [7, 11) is 0. The Balaban J connectivity index is 1.94. The van der Waals surface area contributed by atoms with Gasteiger partial charge in [0.1, 0.15) is 0 Å². The fourth-order valence-electron chi connectivity index (χ4n) is 2.44. The maximum atomic E-state index is 10.3. The minimum Gasteiger partial charge on any atom is -0.387 e. The Morgan fingerprint density at radius 1 is 1.00 bits per heavy atom. The van der Waals surface area contributed by atoms with Crippen molar-refractivity contribution in [1.82, 2.24) is 0 Å². The molecule has 0 aliphatic carbocycles. The summed E-state index contributed by atoms with van der Waals surface area (Å²) in [6, 6.07) is 16.4. The van der Waals surface area contributed by atoms with Crippen LogP contribution in [0.1, 0.15) is 36.6 Å². The molecule has 0 bridgehead atoms. The molecular formula is C19H25NO. The third kappa shape index (κ3) is 4.61. The molecule has 2 aromatic rings. The maximum absolute atomic E-state index is 10.3. The lowest BCUT2D eigenvalue weighted by atomic mass is 10.0. The first-order valence-electron chi connectivity index (χ1n) is 7.62. The van der Waals surface area contributed by atoms with E-state index >= 15 is 0 Å². The third-order valence-corrected chi connectivity index (χ3v) is 3.64. The van der Waals surface area contributed by atoms with Crippen LogP contribution in [0.25, 0.3) is 0 Å². The first kappa shape index (κ1) is 15.6. The van der Waals surface area contributed by atoms with Crippen molar-refractivity contribution in [1.29, 1.82) is 0 Å². The Morgan fingerprint density at radius 3 is 2.29 bits per heavy atom. The average molecular weight is 283 g/mol. The van der Waals surface area contributed by atoms with Gasteiger partial charge >= 0.3 is 0 Å². The van der Waals surface area contributed by atoms with Crippen molar-refractivity contribution < 1.29 is 5.11 Å². The van der Waals surface area contributed by atoms with Crippen LogP contribution in [0.5, 0.6) is 0 Å². The zero-order valence-electron chi connectivity index (χ0n) is 13.1. The normalized spacial score (nSPS) is 12.4. The van der Waals surface area contributed by atoms with E-state index in [2.05, 4.69) is 44.3 Å². The SMILES string of the molecule is Cc1ccccc1NCC(O)c1ccc(CC(C)C)cc1. The van der Waals surface area contributed by atoms with Crippen LogP contribution < -0.4 is 5.32 Å². The summed E-state index contributed by atoms with van der Waals surface area (Å²) in [6.07, 6.45) is 0.593. The summed E-state index contributed by atoms with van der Waals surface area (Å²) in [5.41, 5.74) is 4.56. The van der Waals surface area contributed by atoms with E-state index in [9.17, 15) is 5.11 Å². The highest BCUT2D eigenvalue weighted by Gasteiger charge is 2.08. The van der Waals surface area contributed by atoms with E-state index < -0.39 is 6.10 Å². The molecule has 0 saturated carbocycles. The topological polar surface area (TPSA) is 32.3 Å². The summed E-state index contributed by atoms with van der Waals surface area (Å²) in [6.45, 7) is 7.02. The predicted octanol–water partition coefficient (Wildman–Crippen LogP) is 4.34. The summed E-state index contributed by atoms with van der Waals surface area (Å²) < 4.78 is 0. The fourth-order valence-corrected chi connectivity index (χ4v) is 2.44. The van der Waals surface area contributed by atoms with Crippen molar-refractivity contribution in [3.63, 3.8) is 0 Å². The summed E-state index contributed by atoms with van der Waals surface area (Å²) in [5, 5.41) is 13.6. The van der Waals surface area contributed by atoms with Crippen molar-refractivity contribution in [2.75, 3.05) is 11.9 Å². The fraction of sp³-hybridized carbons (Fsp3) is 0.368. The molecular weight excluding hydrogens is 258 g/mol. The molecule has 0 aliphatic heterocycles. The van der Waals surface area contributed by atoms with Crippen LogP contribution in [-0.2, 0) is 6.42 Å². The van der Waals surface area contributed by atoms with Crippen molar-refractivity contribution in [2.24, 2.45) is 5.92 Å². The molecule has 2 aromatic carbocycles. The lowest BCUT2D eigenvalue weighted by Crippen LogP contribution is -2.12. The Labute approximate surface area is 127 Å². The van der Waals surface area contributed by atoms with Crippen LogP contribution in [0, 0.1) is 12.8 Å². The number of anilines is 1. The van der Waals surface area contributed by atoms with Gasteiger partial charge in [-0.25, -0.2) is 0 Å². The predicted molar refractivity (Wildman–Crippen MR) is 89.6 cm³/mol. The Bertz CT molecular complexity index is 560. The largest absolute Gasteiger partial charge is 0.387 e. The number of para-hydroxylation sites is 1. The zero-order valence-corrected chi connectivity index (χ0v) is 13.1. The molecule has 0 radical (unpaired) electrons. The van der Waals surface area contributed by atoms with E-state index in [-0.39, 0.29) is 0 Å². The molecule has 1 unspecified atom stereocenters. The van der Waals surface area contributed by atoms with Crippen LogP contribution in [-0.4, -0.2) is 11.7 Å². The minimum absolute atomic E-state index is 0.488. The maximum Gasteiger partial charge on any atom is 0.0962 e. The highest BCUT2D eigenvalue weighted by atomic mass is 16.3. The summed E-state index contributed by atoms with van der Waals surface area (Å²) >= 11 is 0. The van der Waals surface area contributed by atoms with Gasteiger partial charge in [-0.3, -0.25) is 0 Å². The van der Waals surface area contributed by atoms with Crippen molar-refractivity contribution in [2.45, 2.75) is 33.3 Å². The summed E-state index contributed by atoms with van der Waals surface area (Å²) in [4.78, 5) is 0. The highest BCUT2D eigenvalue weighted by molar-refractivity contribution is 5.50. The van der Waals surface area contributed by atoms with Gasteiger partial charge in [-0.1, -0.05) is 56.3 Å². The number of benzene rings is 2. The van der Waals surface area contributed by atoms with Crippen molar-refractivity contribution >= 4 is 5.69 Å². The third-order valence-electron chi connectivity index (χ3n) is 3.64. The van der Waals surface area contributed by atoms with E-state index in [1.54, 1.807) is 0 Å². The monoisotopic (exact) mass is 283 g/mol. The highest BCUT2D eigenvalue weighted by Crippen LogP contribution is 2.18. The second-order valence-electron chi connectivity index (χ2n) is 6.05. The summed E-state index contributed by atoms with van der Waals surface area (Å²) in [5.74, 6) is 0.656. The molecule has 2 heteroatoms. The second kappa shape index (κ2) is 7.28. The Morgan fingerprint density at radius 2 is 1.67 bits per heavy atom. The molecule has 0 amide bonds. The second-order valence-corrected chi connectivity index (χ2v) is 6.05. The lowest BCUT2D eigenvalue weighted by molar-refractivity contribution is 0.191. The van der Waals surface area contributed by atoms with Crippen LogP contribution in [0.3, 0.4) is 0 Å². The molecule has 0 aliphatic rings. The standard InChI is InChI=1S/C19H25NO/c1-14(2)12-16-8-10-17(11-9-16)19(21)13-20-18-7-5-4-6-15(18)3/h4-11,14,19-21H,12-13H2,1-3H3. The molecule has 0 heterocycles. The first-order chi connectivity index (χ1) is 10.1. The number of aliphatic hydroxyl groups is 1. The molecule has 1 atom stereocenters. The number of hydrogen-bond acceptors (Lipinski definition) is 2. The van der Waals surface area contributed by atoms with Gasteiger partial charge in [-0.15, -0.1) is 0 Å². The van der Waals surface area contributed by atoms with Gasteiger partial charge in [0.2, 0.25) is 0 Å². The number of nitrogens with one attached hydrogen (secondary N) is 1. The number of rotatable bonds is 6. The molecule has 0 saturated heterocycles. The van der Waals surface area contributed by atoms with Crippen molar-refractivity contribution in [3.05, 3.63) is 65.2 Å². The van der Waals surface area contributed by atoms with Crippen LogP contribution in [0.4, 0.5) is 5.69 Å². The molecule has 0 aromatic heterocycles. The Kier molecular flexibility index (Phi) is 5.40. The van der Waals surface area contributed by atoms with Crippen LogP contribution >= 0.6 is 0 Å². The molecule has 21 heavy (non-hydrogen) atoms. The van der Waals surface area contributed by atoms with E-state index in [1.165, 1.54) is 11.1 Å². The molecule has 0 spiro atoms. The van der Waals surface area contributed by atoms with Gasteiger partial charge in [0.15, 0.2) is 0 Å². The van der Waals surface area contributed by atoms with Gasteiger partial charge < -0.3 is 10.4 Å². The lowest BCUT2D eigenvalue weighted by Gasteiger charge is -2.15. The smallest absolute Gasteiger partial charge is 0.0962 e. The quantitative estimate of drug-likeness (QED) is 0.826. The minimum atomic E-state index is -0.488. The number of aryl methyl sites for hydroxylation is 1. The first-order valence-corrected chi connectivity index (χ1v) is 7.62. The van der Waals surface area contributed by atoms with Crippen LogP contribution in [0.15, 0.2) is 48.5 Å². The van der Waals surface area contributed by atoms with E-state index in [0.717, 1.165) is 17.7 Å². The van der Waals surface area contributed by atoms with Gasteiger partial charge in [0, 0.05) is 12.2 Å². The van der Waals surface area contributed by atoms with E-state index in [1.807, 2.05) is 30.3 Å². The number of hydrogen-bond donors (Lipinski definition) is 2. The van der Waals surface area contributed by atoms with Gasteiger partial charge in [0.05, 0.1) is 6.10 Å². The average Bonchev–Trinajstić information content (AvgIpc) is 2.46. The van der Waals surface area contributed by atoms with Crippen LogP contribution in [0.2, 0.25) is 0 Å². The molecule has 0 fully saturated rings. The van der Waals surface area contributed by atoms with E-state index in [0.29, 0.717) is 12.5 Å². The van der Waals surface area contributed by atoms with Gasteiger partial charge in [-0.2, -0.15) is 0 Å².